The van der Waals surface area contributed by atoms with Crippen molar-refractivity contribution in [3.63, 3.8) is 0 Å². The SMILES string of the molecule is Nc1ccccc1SCCOc1ccc(Cl)cc1Br. The van der Waals surface area contributed by atoms with E-state index in [0.29, 0.717) is 11.6 Å². The molecule has 19 heavy (non-hydrogen) atoms. The Morgan fingerprint density at radius 2 is 2.00 bits per heavy atom. The highest BCUT2D eigenvalue weighted by molar-refractivity contribution is 9.10. The highest BCUT2D eigenvalue weighted by Gasteiger charge is 2.03. The summed E-state index contributed by atoms with van der Waals surface area (Å²) in [5.41, 5.74) is 6.68. The minimum absolute atomic E-state index is 0.610. The van der Waals surface area contributed by atoms with Crippen LogP contribution in [0, 0.1) is 0 Å². The van der Waals surface area contributed by atoms with Gasteiger partial charge in [-0.2, -0.15) is 0 Å². The molecule has 2 aromatic carbocycles. The molecule has 5 heteroatoms. The molecule has 2 N–H and O–H groups in total. The van der Waals surface area contributed by atoms with Crippen LogP contribution in [0.15, 0.2) is 51.8 Å². The average molecular weight is 359 g/mol. The van der Waals surface area contributed by atoms with E-state index in [4.69, 9.17) is 22.1 Å². The molecule has 0 bridgehead atoms. The summed E-state index contributed by atoms with van der Waals surface area (Å²) >= 11 is 11.0. The molecule has 0 aliphatic rings. The highest BCUT2D eigenvalue weighted by atomic mass is 79.9. The van der Waals surface area contributed by atoms with Gasteiger partial charge in [0.2, 0.25) is 0 Å². The zero-order valence-corrected chi connectivity index (χ0v) is 13.3. The van der Waals surface area contributed by atoms with Crippen LogP contribution < -0.4 is 10.5 Å². The third-order valence-corrected chi connectivity index (χ3v) is 4.32. The Hall–Kier alpha value is -0.840. The Kier molecular flexibility index (Phi) is 5.43. The van der Waals surface area contributed by atoms with E-state index in [9.17, 15) is 0 Å². The molecular weight excluding hydrogens is 346 g/mol. The lowest BCUT2D eigenvalue weighted by molar-refractivity contribution is 0.342. The Balaban J connectivity index is 1.83. The molecule has 0 aliphatic heterocycles. The number of nitrogens with two attached hydrogens (primary N) is 1. The summed E-state index contributed by atoms with van der Waals surface area (Å²) in [6, 6.07) is 13.3. The van der Waals surface area contributed by atoms with Crippen LogP contribution in [0.25, 0.3) is 0 Å². The number of hydrogen-bond acceptors (Lipinski definition) is 3. The molecule has 0 saturated heterocycles. The van der Waals surface area contributed by atoms with Gasteiger partial charge in [0.25, 0.3) is 0 Å². The molecule has 0 aliphatic carbocycles. The predicted molar refractivity (Wildman–Crippen MR) is 86.2 cm³/mol. The molecule has 0 atom stereocenters. The van der Waals surface area contributed by atoms with E-state index < -0.39 is 0 Å². The number of hydrogen-bond donors (Lipinski definition) is 1. The first-order chi connectivity index (χ1) is 9.16. The molecule has 100 valence electrons. The van der Waals surface area contributed by atoms with Gasteiger partial charge in [0, 0.05) is 21.4 Å². The van der Waals surface area contributed by atoms with Gasteiger partial charge < -0.3 is 10.5 Å². The summed E-state index contributed by atoms with van der Waals surface area (Å²) in [6.07, 6.45) is 0. The molecule has 0 spiro atoms. The third-order valence-electron chi connectivity index (χ3n) is 2.41. The fourth-order valence-electron chi connectivity index (χ4n) is 1.51. The molecular formula is C14H13BrClNOS. The van der Waals surface area contributed by atoms with Crippen LogP contribution in [-0.4, -0.2) is 12.4 Å². The summed E-state index contributed by atoms with van der Waals surface area (Å²) in [6.45, 7) is 0.610. The van der Waals surface area contributed by atoms with Crippen LogP contribution in [0.2, 0.25) is 5.02 Å². The molecule has 0 heterocycles. The van der Waals surface area contributed by atoms with Crippen LogP contribution in [-0.2, 0) is 0 Å². The first-order valence-corrected chi connectivity index (χ1v) is 7.87. The number of halogens is 2. The second kappa shape index (κ2) is 7.08. The second-order valence-corrected chi connectivity index (χ2v) is 6.24. The van der Waals surface area contributed by atoms with E-state index in [1.165, 1.54) is 0 Å². The standard InChI is InChI=1S/C14H13BrClNOS/c15-11-9-10(16)5-6-13(11)18-7-8-19-14-4-2-1-3-12(14)17/h1-6,9H,7-8,17H2. The van der Waals surface area contributed by atoms with E-state index in [1.807, 2.05) is 42.5 Å². The normalized spacial score (nSPS) is 10.4. The van der Waals surface area contributed by atoms with E-state index in [0.717, 1.165) is 26.6 Å². The van der Waals surface area contributed by atoms with Crippen LogP contribution >= 0.6 is 39.3 Å². The molecule has 0 fully saturated rings. The quantitative estimate of drug-likeness (QED) is 0.471. The van der Waals surface area contributed by atoms with Crippen molar-refractivity contribution >= 4 is 45.0 Å². The first kappa shape index (κ1) is 14.6. The van der Waals surface area contributed by atoms with Gasteiger partial charge in [-0.05, 0) is 46.3 Å². The van der Waals surface area contributed by atoms with Crippen molar-refractivity contribution < 1.29 is 4.74 Å². The maximum atomic E-state index is 5.87. The van der Waals surface area contributed by atoms with E-state index in [1.54, 1.807) is 11.8 Å². The van der Waals surface area contributed by atoms with Crippen molar-refractivity contribution in [3.05, 3.63) is 52.0 Å². The summed E-state index contributed by atoms with van der Waals surface area (Å²) in [5.74, 6) is 1.63. The monoisotopic (exact) mass is 357 g/mol. The van der Waals surface area contributed by atoms with Gasteiger partial charge in [-0.15, -0.1) is 11.8 Å². The van der Waals surface area contributed by atoms with Crippen molar-refractivity contribution in [1.82, 2.24) is 0 Å². The smallest absolute Gasteiger partial charge is 0.133 e. The molecule has 2 aromatic rings. The Morgan fingerprint density at radius 3 is 2.74 bits per heavy atom. The van der Waals surface area contributed by atoms with Gasteiger partial charge in [0.15, 0.2) is 0 Å². The number of thioether (sulfide) groups is 1. The molecule has 0 saturated carbocycles. The van der Waals surface area contributed by atoms with Crippen molar-refractivity contribution in [2.45, 2.75) is 4.90 Å². The molecule has 0 amide bonds. The largest absolute Gasteiger partial charge is 0.492 e. The number of ether oxygens (including phenoxy) is 1. The third kappa shape index (κ3) is 4.34. The number of para-hydroxylation sites is 1. The van der Waals surface area contributed by atoms with E-state index in [2.05, 4.69) is 15.9 Å². The lowest BCUT2D eigenvalue weighted by Crippen LogP contribution is -2.01. The van der Waals surface area contributed by atoms with Gasteiger partial charge in [0.1, 0.15) is 5.75 Å². The zero-order chi connectivity index (χ0) is 13.7. The highest BCUT2D eigenvalue weighted by Crippen LogP contribution is 2.29. The van der Waals surface area contributed by atoms with Gasteiger partial charge in [-0.1, -0.05) is 23.7 Å². The first-order valence-electron chi connectivity index (χ1n) is 5.72. The van der Waals surface area contributed by atoms with Gasteiger partial charge in [0.05, 0.1) is 11.1 Å². The van der Waals surface area contributed by atoms with Crippen molar-refractivity contribution in [2.24, 2.45) is 0 Å². The van der Waals surface area contributed by atoms with E-state index >= 15 is 0 Å². The Labute approximate surface area is 130 Å². The van der Waals surface area contributed by atoms with Crippen LogP contribution in [0.5, 0.6) is 5.75 Å². The minimum atomic E-state index is 0.610. The zero-order valence-electron chi connectivity index (χ0n) is 10.1. The maximum absolute atomic E-state index is 5.87. The molecule has 0 aromatic heterocycles. The number of nitrogen functional groups attached to an aromatic ring is 1. The number of benzene rings is 2. The van der Waals surface area contributed by atoms with Crippen LogP contribution in [0.1, 0.15) is 0 Å². The molecule has 0 unspecified atom stereocenters. The Morgan fingerprint density at radius 1 is 1.21 bits per heavy atom. The lowest BCUT2D eigenvalue weighted by atomic mass is 10.3. The summed E-state index contributed by atoms with van der Waals surface area (Å²) in [7, 11) is 0. The fourth-order valence-corrected chi connectivity index (χ4v) is 3.10. The van der Waals surface area contributed by atoms with Gasteiger partial charge in [-0.25, -0.2) is 0 Å². The molecule has 2 nitrogen and oxygen atoms in total. The summed E-state index contributed by atoms with van der Waals surface area (Å²) in [4.78, 5) is 1.08. The van der Waals surface area contributed by atoms with Crippen LogP contribution in [0.3, 0.4) is 0 Å². The average Bonchev–Trinajstić information content (AvgIpc) is 2.38. The summed E-state index contributed by atoms with van der Waals surface area (Å²) in [5, 5.41) is 0.686. The van der Waals surface area contributed by atoms with Crippen molar-refractivity contribution in [1.29, 1.82) is 0 Å². The minimum Gasteiger partial charge on any atom is -0.492 e. The second-order valence-electron chi connectivity index (χ2n) is 3.81. The van der Waals surface area contributed by atoms with Gasteiger partial charge in [-0.3, -0.25) is 0 Å². The molecule has 0 radical (unpaired) electrons. The molecule has 2 rings (SSSR count). The van der Waals surface area contributed by atoms with Crippen LogP contribution in [0.4, 0.5) is 5.69 Å². The summed E-state index contributed by atoms with van der Waals surface area (Å²) < 4.78 is 6.55. The topological polar surface area (TPSA) is 35.2 Å². The van der Waals surface area contributed by atoms with Gasteiger partial charge >= 0.3 is 0 Å². The predicted octanol–water partition coefficient (Wildman–Crippen LogP) is 4.86. The Bertz CT molecular complexity index is 565. The van der Waals surface area contributed by atoms with Crippen molar-refractivity contribution in [2.75, 3.05) is 18.1 Å². The maximum Gasteiger partial charge on any atom is 0.133 e. The number of rotatable bonds is 5. The van der Waals surface area contributed by atoms with Crippen molar-refractivity contribution in [3.8, 4) is 5.75 Å². The van der Waals surface area contributed by atoms with E-state index in [-0.39, 0.29) is 0 Å². The fraction of sp³-hybridized carbons (Fsp3) is 0.143. The lowest BCUT2D eigenvalue weighted by Gasteiger charge is -2.09. The number of anilines is 1.